The summed E-state index contributed by atoms with van der Waals surface area (Å²) >= 11 is 1.05. The predicted molar refractivity (Wildman–Crippen MR) is 139 cm³/mol. The van der Waals surface area contributed by atoms with Gasteiger partial charge in [0.2, 0.25) is 5.91 Å². The minimum Gasteiger partial charge on any atom is -0.496 e. The standard InChI is InChI=1S/C22H25N3O6S.C3H5NO/c1-5-31-21(28)18-13(2)17-19(27)25(12-16(26)23-3)22(29)24(20(17)32-18)11-10-14-8-6-7-9-15(14)30-4;4-2-1-3-5/h6-9H,5,10-12H2,1-4H3,(H,23,26);5H,1,3H2. The summed E-state index contributed by atoms with van der Waals surface area (Å²) in [5.41, 5.74) is 0.104. The molecule has 0 saturated heterocycles. The van der Waals surface area contributed by atoms with Crippen LogP contribution in [0.1, 0.15) is 34.1 Å². The highest BCUT2D eigenvalue weighted by Gasteiger charge is 2.24. The number of fused-ring (bicyclic) bond motifs is 1. The number of aliphatic hydroxyl groups is 1. The zero-order valence-electron chi connectivity index (χ0n) is 21.2. The lowest BCUT2D eigenvalue weighted by Crippen LogP contribution is -2.43. The number of ether oxygens (including phenoxy) is 2. The zero-order chi connectivity index (χ0) is 27.5. The lowest BCUT2D eigenvalue weighted by atomic mass is 10.1. The second kappa shape index (κ2) is 14.0. The Balaban J connectivity index is 0.000000877. The minimum absolute atomic E-state index is 0.0174. The lowest BCUT2D eigenvalue weighted by molar-refractivity contribution is -0.121. The number of thiophene rings is 1. The molecule has 2 aromatic heterocycles. The maximum absolute atomic E-state index is 13.3. The summed E-state index contributed by atoms with van der Waals surface area (Å²) in [5.74, 6) is -0.337. The van der Waals surface area contributed by atoms with E-state index < -0.39 is 29.7 Å². The van der Waals surface area contributed by atoms with Crippen molar-refractivity contribution in [2.75, 3.05) is 27.4 Å². The van der Waals surface area contributed by atoms with Gasteiger partial charge >= 0.3 is 11.7 Å². The Kier molecular flexibility index (Phi) is 11.0. The second-order valence-electron chi connectivity index (χ2n) is 7.65. The van der Waals surface area contributed by atoms with E-state index >= 15 is 0 Å². The van der Waals surface area contributed by atoms with Gasteiger partial charge in [-0.15, -0.1) is 11.3 Å². The Bertz CT molecular complexity index is 1420. The van der Waals surface area contributed by atoms with E-state index in [1.807, 2.05) is 24.3 Å². The minimum atomic E-state index is -0.613. The highest BCUT2D eigenvalue weighted by Crippen LogP contribution is 2.29. The number of aromatic nitrogens is 2. The van der Waals surface area contributed by atoms with E-state index in [0.717, 1.165) is 21.5 Å². The molecule has 37 heavy (non-hydrogen) atoms. The van der Waals surface area contributed by atoms with Crippen molar-refractivity contribution < 1.29 is 24.2 Å². The van der Waals surface area contributed by atoms with Crippen LogP contribution >= 0.6 is 11.3 Å². The average Bonchev–Trinajstić information content (AvgIpc) is 3.24. The Morgan fingerprint density at radius 2 is 1.92 bits per heavy atom. The molecular weight excluding hydrogens is 500 g/mol. The molecule has 2 N–H and O–H groups in total. The Morgan fingerprint density at radius 3 is 2.49 bits per heavy atom. The van der Waals surface area contributed by atoms with E-state index in [4.69, 9.17) is 19.8 Å². The molecule has 1 aromatic carbocycles. The number of hydrogen-bond acceptors (Lipinski definition) is 9. The number of esters is 1. The molecule has 198 valence electrons. The maximum atomic E-state index is 13.3. The van der Waals surface area contributed by atoms with Crippen LogP contribution in [0.15, 0.2) is 33.9 Å². The first-order valence-corrected chi connectivity index (χ1v) is 12.3. The van der Waals surface area contributed by atoms with Crippen molar-refractivity contribution in [2.45, 2.75) is 39.8 Å². The molecule has 0 saturated carbocycles. The molecule has 0 spiro atoms. The predicted octanol–water partition coefficient (Wildman–Crippen LogP) is 1.60. The van der Waals surface area contributed by atoms with Crippen molar-refractivity contribution in [1.82, 2.24) is 14.5 Å². The number of rotatable bonds is 9. The van der Waals surface area contributed by atoms with E-state index in [1.165, 1.54) is 11.6 Å². The number of nitriles is 1. The monoisotopic (exact) mass is 530 g/mol. The van der Waals surface area contributed by atoms with Crippen LogP contribution in [-0.2, 0) is 29.0 Å². The highest BCUT2D eigenvalue weighted by atomic mass is 32.1. The molecule has 0 radical (unpaired) electrons. The van der Waals surface area contributed by atoms with Crippen LogP contribution in [0.3, 0.4) is 0 Å². The van der Waals surface area contributed by atoms with E-state index in [1.54, 1.807) is 27.0 Å². The van der Waals surface area contributed by atoms with Crippen molar-refractivity contribution in [3.05, 3.63) is 61.1 Å². The van der Waals surface area contributed by atoms with E-state index in [0.29, 0.717) is 22.6 Å². The highest BCUT2D eigenvalue weighted by molar-refractivity contribution is 7.20. The number of carbonyl (C=O) groups excluding carboxylic acids is 2. The fourth-order valence-corrected chi connectivity index (χ4v) is 4.75. The first kappa shape index (κ1) is 29.3. The second-order valence-corrected chi connectivity index (χ2v) is 8.65. The SMILES string of the molecule is CCOC(=O)c1sc2c(c1C)c(=O)n(CC(=O)NC)c(=O)n2CCc1ccccc1OC.N#CCCO. The number of para-hydroxylation sites is 1. The Hall–Kier alpha value is -3.95. The molecule has 1 amide bonds. The van der Waals surface area contributed by atoms with Gasteiger partial charge in [-0.3, -0.25) is 18.7 Å². The molecule has 3 aromatic rings. The fraction of sp³-hybridized carbons (Fsp3) is 0.400. The normalized spacial score (nSPS) is 10.3. The van der Waals surface area contributed by atoms with Gasteiger partial charge in [0.1, 0.15) is 22.0 Å². The number of methoxy groups -OCH3 is 1. The lowest BCUT2D eigenvalue weighted by Gasteiger charge is -2.13. The van der Waals surface area contributed by atoms with Gasteiger partial charge in [0, 0.05) is 13.6 Å². The number of aryl methyl sites for hydroxylation is 3. The van der Waals surface area contributed by atoms with E-state index in [2.05, 4.69) is 5.32 Å². The number of amides is 1. The molecule has 0 fully saturated rings. The van der Waals surface area contributed by atoms with Gasteiger partial charge in [-0.2, -0.15) is 5.26 Å². The smallest absolute Gasteiger partial charge is 0.348 e. The molecule has 0 aliphatic rings. The van der Waals surface area contributed by atoms with Crippen LogP contribution < -0.4 is 21.3 Å². The number of nitrogens with one attached hydrogen (secondary N) is 1. The summed E-state index contributed by atoms with van der Waals surface area (Å²) in [4.78, 5) is 51.4. The first-order valence-electron chi connectivity index (χ1n) is 11.5. The van der Waals surface area contributed by atoms with Crippen LogP contribution in [0.25, 0.3) is 10.2 Å². The number of benzene rings is 1. The summed E-state index contributed by atoms with van der Waals surface area (Å²) in [6.07, 6.45) is 0.697. The topological polar surface area (TPSA) is 153 Å². The maximum Gasteiger partial charge on any atom is 0.348 e. The molecule has 12 heteroatoms. The van der Waals surface area contributed by atoms with Crippen molar-refractivity contribution in [3.63, 3.8) is 0 Å². The number of aliphatic hydroxyl groups excluding tert-OH is 1. The van der Waals surface area contributed by atoms with Crippen molar-refractivity contribution >= 4 is 33.4 Å². The average molecular weight is 531 g/mol. The summed E-state index contributed by atoms with van der Waals surface area (Å²) in [7, 11) is 3.00. The Labute approximate surface area is 217 Å². The molecule has 0 aliphatic heterocycles. The van der Waals surface area contributed by atoms with Crippen LogP contribution in [-0.4, -0.2) is 53.5 Å². The number of carbonyl (C=O) groups is 2. The number of likely N-dealkylation sites (N-methyl/N-ethyl adjacent to an activating group) is 1. The zero-order valence-corrected chi connectivity index (χ0v) is 22.0. The van der Waals surface area contributed by atoms with Gasteiger partial charge in [-0.05, 0) is 37.5 Å². The summed E-state index contributed by atoms with van der Waals surface area (Å²) in [5, 5.41) is 18.2. The van der Waals surface area contributed by atoms with Crippen LogP contribution in [0, 0.1) is 18.3 Å². The molecule has 3 rings (SSSR count). The molecule has 0 bridgehead atoms. The van der Waals surface area contributed by atoms with Gasteiger partial charge in [0.15, 0.2) is 0 Å². The third-order valence-electron chi connectivity index (χ3n) is 5.36. The third kappa shape index (κ3) is 6.84. The fourth-order valence-electron chi connectivity index (χ4n) is 3.54. The molecule has 0 atom stereocenters. The third-order valence-corrected chi connectivity index (χ3v) is 6.65. The van der Waals surface area contributed by atoms with Crippen molar-refractivity contribution in [1.29, 1.82) is 5.26 Å². The number of hydrogen-bond donors (Lipinski definition) is 2. The largest absolute Gasteiger partial charge is 0.496 e. The summed E-state index contributed by atoms with van der Waals surface area (Å²) in [6.45, 7) is 3.32. The van der Waals surface area contributed by atoms with Gasteiger partial charge in [-0.1, -0.05) is 18.2 Å². The molecule has 2 heterocycles. The molecular formula is C25H30N4O7S. The molecule has 0 unspecified atom stereocenters. The van der Waals surface area contributed by atoms with Crippen LogP contribution in [0.2, 0.25) is 0 Å². The first-order chi connectivity index (χ1) is 17.7. The van der Waals surface area contributed by atoms with Gasteiger partial charge in [0.05, 0.1) is 38.2 Å². The van der Waals surface area contributed by atoms with Gasteiger partial charge in [-0.25, -0.2) is 9.59 Å². The van der Waals surface area contributed by atoms with Crippen molar-refractivity contribution in [2.24, 2.45) is 0 Å². The molecule has 11 nitrogen and oxygen atoms in total. The van der Waals surface area contributed by atoms with Crippen LogP contribution in [0.4, 0.5) is 0 Å². The summed E-state index contributed by atoms with van der Waals surface area (Å²) < 4.78 is 12.8. The van der Waals surface area contributed by atoms with E-state index in [-0.39, 0.29) is 36.4 Å². The van der Waals surface area contributed by atoms with E-state index in [9.17, 15) is 19.2 Å². The number of nitrogens with zero attached hydrogens (tertiary/aromatic N) is 3. The molecule has 0 aliphatic carbocycles. The van der Waals surface area contributed by atoms with Crippen molar-refractivity contribution in [3.8, 4) is 11.8 Å². The van der Waals surface area contributed by atoms with Gasteiger partial charge in [0.25, 0.3) is 5.56 Å². The Morgan fingerprint density at radius 1 is 1.22 bits per heavy atom. The quantitative estimate of drug-likeness (QED) is 0.396. The van der Waals surface area contributed by atoms with Gasteiger partial charge < -0.3 is 19.9 Å². The summed E-state index contributed by atoms with van der Waals surface area (Å²) in [6, 6.07) is 9.21. The van der Waals surface area contributed by atoms with Crippen LogP contribution in [0.5, 0.6) is 5.75 Å².